The average molecular weight is 550 g/mol. The van der Waals surface area contributed by atoms with Gasteiger partial charge in [0.1, 0.15) is 5.75 Å². The third-order valence-electron chi connectivity index (χ3n) is 7.93. The maximum Gasteiger partial charge on any atom is 0.300 e. The van der Waals surface area contributed by atoms with E-state index in [1.54, 1.807) is 49.6 Å². The van der Waals surface area contributed by atoms with Crippen LogP contribution in [0.15, 0.2) is 52.4 Å². The Labute approximate surface area is 229 Å². The first-order valence-corrected chi connectivity index (χ1v) is 14.2. The van der Waals surface area contributed by atoms with Crippen LogP contribution in [0.3, 0.4) is 0 Å². The molecule has 1 amide bonds. The van der Waals surface area contributed by atoms with Crippen molar-refractivity contribution in [3.63, 3.8) is 0 Å². The van der Waals surface area contributed by atoms with Crippen LogP contribution >= 0.6 is 23.4 Å². The standard InChI is InChI=1S/C28H28ClN5O3S/c1-15(21-12-16-3-4-18(21)11-16)30-24(35)14-38-28-31-23-10-7-19(29)13-22(23)26-32-27(36)25(33-34(26)28)17-5-8-20(37-2)9-6-17/h5-10,13,15-16,18,21H,3-4,11-12,14H2,1-2H3,(H,30,35)/t15-,16+,18+,21+/m1/s1. The normalized spacial score (nSPS) is 21.2. The van der Waals surface area contributed by atoms with Crippen LogP contribution in [-0.2, 0) is 4.79 Å². The summed E-state index contributed by atoms with van der Waals surface area (Å²) in [6.07, 6.45) is 5.15. The summed E-state index contributed by atoms with van der Waals surface area (Å²) in [6, 6.07) is 12.4. The highest BCUT2D eigenvalue weighted by Gasteiger charge is 2.42. The molecule has 2 aliphatic rings. The Morgan fingerprint density at radius 2 is 2.00 bits per heavy atom. The first-order chi connectivity index (χ1) is 18.4. The molecule has 2 heterocycles. The summed E-state index contributed by atoms with van der Waals surface area (Å²) in [5.41, 5.74) is 1.30. The van der Waals surface area contributed by atoms with E-state index in [9.17, 15) is 9.59 Å². The van der Waals surface area contributed by atoms with Gasteiger partial charge in [-0.15, -0.1) is 0 Å². The Hall–Kier alpha value is -3.17. The molecule has 2 aromatic carbocycles. The number of nitrogens with zero attached hydrogens (tertiary/aromatic N) is 4. The lowest BCUT2D eigenvalue weighted by atomic mass is 9.84. The SMILES string of the molecule is COc1ccc(-c2nn3c(SCC(=O)N[C@H](C)[C@@H]4C[C@H]5CC[C@H]4C5)nc4ccc(Cl)cc4c3nc2=O)cc1. The largest absolute Gasteiger partial charge is 0.497 e. The van der Waals surface area contributed by atoms with Crippen LogP contribution < -0.4 is 15.6 Å². The van der Waals surface area contributed by atoms with E-state index in [0.29, 0.717) is 44.0 Å². The molecule has 0 aliphatic heterocycles. The molecule has 196 valence electrons. The Morgan fingerprint density at radius 3 is 2.71 bits per heavy atom. The van der Waals surface area contributed by atoms with Crippen molar-refractivity contribution in [3.8, 4) is 17.0 Å². The number of methoxy groups -OCH3 is 1. The number of halogens is 1. The fourth-order valence-corrected chi connectivity index (χ4v) is 7.02. The van der Waals surface area contributed by atoms with E-state index in [-0.39, 0.29) is 23.4 Å². The molecular weight excluding hydrogens is 522 g/mol. The summed E-state index contributed by atoms with van der Waals surface area (Å²) in [7, 11) is 1.58. The van der Waals surface area contributed by atoms with Crippen molar-refractivity contribution in [1.82, 2.24) is 24.9 Å². The van der Waals surface area contributed by atoms with Crippen LogP contribution in [0.4, 0.5) is 0 Å². The van der Waals surface area contributed by atoms with E-state index in [1.807, 2.05) is 0 Å². The van der Waals surface area contributed by atoms with Crippen molar-refractivity contribution in [2.75, 3.05) is 12.9 Å². The van der Waals surface area contributed by atoms with Gasteiger partial charge in [0.05, 0.1) is 18.4 Å². The zero-order valence-electron chi connectivity index (χ0n) is 21.2. The number of carbonyl (C=O) groups is 1. The summed E-state index contributed by atoms with van der Waals surface area (Å²) in [4.78, 5) is 35.1. The molecule has 8 nitrogen and oxygen atoms in total. The Balaban J connectivity index is 1.32. The molecule has 2 aliphatic carbocycles. The van der Waals surface area contributed by atoms with Crippen molar-refractivity contribution in [2.45, 2.75) is 43.8 Å². The summed E-state index contributed by atoms with van der Waals surface area (Å²) in [5.74, 6) is 2.95. The minimum absolute atomic E-state index is 0.0409. The van der Waals surface area contributed by atoms with Gasteiger partial charge in [0.15, 0.2) is 16.5 Å². The maximum atomic E-state index is 13.1. The fourth-order valence-electron chi connectivity index (χ4n) is 6.09. The first-order valence-electron chi connectivity index (χ1n) is 12.9. The number of hydrogen-bond donors (Lipinski definition) is 1. The number of rotatable bonds is 7. The molecule has 2 aromatic heterocycles. The number of carbonyl (C=O) groups excluding carboxylic acids is 1. The third kappa shape index (κ3) is 4.73. The van der Waals surface area contributed by atoms with Crippen LogP contribution in [0.1, 0.15) is 32.6 Å². The number of thioether (sulfide) groups is 1. The van der Waals surface area contributed by atoms with Crippen LogP contribution in [-0.4, -0.2) is 44.4 Å². The van der Waals surface area contributed by atoms with Gasteiger partial charge in [-0.1, -0.05) is 29.8 Å². The minimum atomic E-state index is -0.462. The second-order valence-electron chi connectivity index (χ2n) is 10.3. The van der Waals surface area contributed by atoms with Gasteiger partial charge >= 0.3 is 0 Å². The average Bonchev–Trinajstić information content (AvgIpc) is 3.56. The van der Waals surface area contributed by atoms with E-state index in [4.69, 9.17) is 21.3 Å². The molecule has 2 bridgehead atoms. The molecule has 0 radical (unpaired) electrons. The molecule has 0 spiro atoms. The first kappa shape index (κ1) is 25.1. The van der Waals surface area contributed by atoms with Crippen LogP contribution in [0.5, 0.6) is 5.75 Å². The van der Waals surface area contributed by atoms with Crippen LogP contribution in [0.25, 0.3) is 27.8 Å². The highest BCUT2D eigenvalue weighted by Crippen LogP contribution is 2.49. The second-order valence-corrected chi connectivity index (χ2v) is 11.6. The van der Waals surface area contributed by atoms with Crippen molar-refractivity contribution in [2.24, 2.45) is 17.8 Å². The zero-order chi connectivity index (χ0) is 26.4. The van der Waals surface area contributed by atoms with E-state index >= 15 is 0 Å². The van der Waals surface area contributed by atoms with Crippen molar-refractivity contribution in [3.05, 3.63) is 57.8 Å². The summed E-state index contributed by atoms with van der Waals surface area (Å²) >= 11 is 7.52. The van der Waals surface area contributed by atoms with Gasteiger partial charge < -0.3 is 10.1 Å². The number of hydrogen-bond acceptors (Lipinski definition) is 7. The Kier molecular flexibility index (Phi) is 6.74. The van der Waals surface area contributed by atoms with Gasteiger partial charge in [0.25, 0.3) is 5.56 Å². The smallest absolute Gasteiger partial charge is 0.300 e. The van der Waals surface area contributed by atoms with E-state index in [2.05, 4.69) is 22.3 Å². The van der Waals surface area contributed by atoms with Crippen LogP contribution in [0, 0.1) is 17.8 Å². The summed E-state index contributed by atoms with van der Waals surface area (Å²) < 4.78 is 6.77. The van der Waals surface area contributed by atoms with Crippen molar-refractivity contribution in [1.29, 1.82) is 0 Å². The number of ether oxygens (including phenoxy) is 1. The van der Waals surface area contributed by atoms with E-state index < -0.39 is 5.56 Å². The van der Waals surface area contributed by atoms with E-state index in [1.165, 1.54) is 42.0 Å². The number of fused-ring (bicyclic) bond motifs is 5. The summed E-state index contributed by atoms with van der Waals surface area (Å²) in [6.45, 7) is 2.12. The van der Waals surface area contributed by atoms with E-state index in [0.717, 1.165) is 11.8 Å². The topological polar surface area (TPSA) is 98.5 Å². The molecule has 0 unspecified atom stereocenters. The highest BCUT2D eigenvalue weighted by atomic mass is 35.5. The highest BCUT2D eigenvalue weighted by molar-refractivity contribution is 7.99. The molecule has 4 atom stereocenters. The van der Waals surface area contributed by atoms with Gasteiger partial charge in [-0.05, 0) is 86.4 Å². The number of amides is 1. The van der Waals surface area contributed by atoms with Gasteiger partial charge in [0, 0.05) is 22.0 Å². The number of aromatic nitrogens is 4. The zero-order valence-corrected chi connectivity index (χ0v) is 22.8. The van der Waals surface area contributed by atoms with Crippen molar-refractivity contribution >= 4 is 45.8 Å². The molecule has 6 rings (SSSR count). The second kappa shape index (κ2) is 10.2. The third-order valence-corrected chi connectivity index (χ3v) is 9.09. The number of nitrogens with one attached hydrogen (secondary N) is 1. The lowest BCUT2D eigenvalue weighted by Crippen LogP contribution is -2.41. The molecule has 4 aromatic rings. The molecule has 2 saturated carbocycles. The monoisotopic (exact) mass is 549 g/mol. The Bertz CT molecular complexity index is 1590. The van der Waals surface area contributed by atoms with Crippen molar-refractivity contribution < 1.29 is 9.53 Å². The lowest BCUT2D eigenvalue weighted by Gasteiger charge is -2.28. The predicted molar refractivity (Wildman–Crippen MR) is 149 cm³/mol. The lowest BCUT2D eigenvalue weighted by molar-refractivity contribution is -0.119. The summed E-state index contributed by atoms with van der Waals surface area (Å²) in [5, 5.41) is 9.45. The van der Waals surface area contributed by atoms with Gasteiger partial charge in [0.2, 0.25) is 5.91 Å². The molecule has 0 saturated heterocycles. The molecule has 38 heavy (non-hydrogen) atoms. The quantitative estimate of drug-likeness (QED) is 0.197. The predicted octanol–water partition coefficient (Wildman–Crippen LogP) is 5.00. The van der Waals surface area contributed by atoms with Gasteiger partial charge in [-0.25, -0.2) is 4.98 Å². The van der Waals surface area contributed by atoms with Gasteiger partial charge in [-0.2, -0.15) is 14.6 Å². The minimum Gasteiger partial charge on any atom is -0.497 e. The van der Waals surface area contributed by atoms with Gasteiger partial charge in [-0.3, -0.25) is 9.59 Å². The molecular formula is C28H28ClN5O3S. The van der Waals surface area contributed by atoms with Crippen LogP contribution in [0.2, 0.25) is 5.02 Å². The molecule has 2 fully saturated rings. The molecule has 1 N–H and O–H groups in total. The number of benzene rings is 2. The fraction of sp³-hybridized carbons (Fsp3) is 0.393. The Morgan fingerprint density at radius 1 is 1.18 bits per heavy atom. The maximum absolute atomic E-state index is 13.1. The molecule has 10 heteroatoms.